The SMILES string of the molecule is CC(O)CC(C)O.CC1(C)CC(N2C=CN(c3[c-]cccc3)[CH-]2)CC(C)(C)C1.[Ir+3].[c-]1ccccc1-c1nccc2ccccc12. The smallest absolute Gasteiger partial charge is 0.505 e. The molecule has 0 amide bonds. The molecule has 1 saturated carbocycles. The Balaban J connectivity index is 0.000000204. The van der Waals surface area contributed by atoms with Gasteiger partial charge in [0.05, 0.1) is 12.2 Å². The van der Waals surface area contributed by atoms with Gasteiger partial charge in [-0.05, 0) is 85.3 Å². The van der Waals surface area contributed by atoms with Crippen molar-refractivity contribution in [2.75, 3.05) is 4.90 Å². The van der Waals surface area contributed by atoms with Crippen molar-refractivity contribution in [1.82, 2.24) is 9.88 Å². The maximum absolute atomic E-state index is 8.56. The third-order valence-corrected chi connectivity index (χ3v) is 7.90. The molecular formula is C39H48IrN3O2. The second-order valence-electron chi connectivity index (χ2n) is 13.7. The van der Waals surface area contributed by atoms with Gasteiger partial charge in [-0.2, -0.15) is 37.0 Å². The van der Waals surface area contributed by atoms with Gasteiger partial charge < -0.3 is 25.0 Å². The predicted molar refractivity (Wildman–Crippen MR) is 182 cm³/mol. The summed E-state index contributed by atoms with van der Waals surface area (Å²) >= 11 is 0. The van der Waals surface area contributed by atoms with Crippen molar-refractivity contribution in [2.24, 2.45) is 10.8 Å². The van der Waals surface area contributed by atoms with Crippen LogP contribution in [0.15, 0.2) is 97.5 Å². The maximum atomic E-state index is 8.56. The number of rotatable bonds is 5. The van der Waals surface area contributed by atoms with Crippen molar-refractivity contribution >= 4 is 16.5 Å². The van der Waals surface area contributed by atoms with Gasteiger partial charge in [0, 0.05) is 12.2 Å². The summed E-state index contributed by atoms with van der Waals surface area (Å²) in [6, 6.07) is 33.5. The standard InChI is InChI=1S/C19H26N2.C15H10N.C5H12O2.Ir/c1-18(2)12-17(13-19(3,4)14-18)21-11-10-20(15-21)16-8-6-5-7-9-16;1-2-7-13(8-3-1)15-14-9-5-4-6-12(14)10-11-16-15;1-4(6)3-5(2)7;/h5-8,10-11,15,17H,12-14H2,1-4H3;1-7,9-11H;4-7H,3H2,1-2H3;/q-2;-1;;+3. The molecule has 0 saturated heterocycles. The van der Waals surface area contributed by atoms with Crippen molar-refractivity contribution in [3.8, 4) is 11.3 Å². The summed E-state index contributed by atoms with van der Waals surface area (Å²) in [5.41, 5.74) is 3.98. The quantitative estimate of drug-likeness (QED) is 0.199. The topological polar surface area (TPSA) is 59.8 Å². The fourth-order valence-electron chi connectivity index (χ4n) is 6.64. The van der Waals surface area contributed by atoms with Gasteiger partial charge in [-0.25, -0.2) is 0 Å². The summed E-state index contributed by atoms with van der Waals surface area (Å²) < 4.78 is 0. The van der Waals surface area contributed by atoms with E-state index in [0.717, 1.165) is 16.9 Å². The fraction of sp³-hybridized carbons (Fsp3) is 0.385. The molecule has 5 nitrogen and oxygen atoms in total. The molecule has 2 heterocycles. The van der Waals surface area contributed by atoms with E-state index in [1.807, 2.05) is 60.8 Å². The molecule has 2 atom stereocenters. The van der Waals surface area contributed by atoms with Crippen LogP contribution in [0.4, 0.5) is 5.69 Å². The Hall–Kier alpha value is -3.02. The van der Waals surface area contributed by atoms with Crippen molar-refractivity contribution in [2.45, 2.75) is 85.5 Å². The average molecular weight is 783 g/mol. The van der Waals surface area contributed by atoms with Gasteiger partial charge in [0.15, 0.2) is 0 Å². The minimum Gasteiger partial charge on any atom is -0.505 e. The van der Waals surface area contributed by atoms with Crippen LogP contribution in [0, 0.1) is 29.6 Å². The summed E-state index contributed by atoms with van der Waals surface area (Å²) in [6.07, 6.45) is 9.74. The van der Waals surface area contributed by atoms with E-state index in [-0.39, 0.29) is 32.3 Å². The number of para-hydroxylation sites is 1. The Bertz CT molecular complexity index is 1440. The first kappa shape index (κ1) is 36.4. The van der Waals surface area contributed by atoms with E-state index in [1.165, 1.54) is 30.0 Å². The molecular weight excluding hydrogens is 735 g/mol. The second kappa shape index (κ2) is 16.5. The molecule has 2 aliphatic rings. The van der Waals surface area contributed by atoms with Crippen molar-refractivity contribution in [3.63, 3.8) is 0 Å². The summed E-state index contributed by atoms with van der Waals surface area (Å²) in [4.78, 5) is 9.00. The van der Waals surface area contributed by atoms with Crippen LogP contribution in [0.2, 0.25) is 0 Å². The van der Waals surface area contributed by atoms with E-state index in [9.17, 15) is 0 Å². The Morgan fingerprint density at radius 3 is 2.04 bits per heavy atom. The summed E-state index contributed by atoms with van der Waals surface area (Å²) in [6.45, 7) is 15.2. The summed E-state index contributed by atoms with van der Waals surface area (Å²) in [5.74, 6) is 0. The van der Waals surface area contributed by atoms with E-state index < -0.39 is 0 Å². The molecule has 45 heavy (non-hydrogen) atoms. The molecule has 3 aromatic carbocycles. The number of hydrogen-bond donors (Lipinski definition) is 2. The van der Waals surface area contributed by atoms with E-state index >= 15 is 0 Å². The van der Waals surface area contributed by atoms with Crippen LogP contribution in [-0.4, -0.2) is 38.3 Å². The van der Waals surface area contributed by atoms with E-state index in [4.69, 9.17) is 10.2 Å². The van der Waals surface area contributed by atoms with Gasteiger partial charge in [-0.1, -0.05) is 52.0 Å². The first-order valence-electron chi connectivity index (χ1n) is 15.7. The molecule has 2 unspecified atom stereocenters. The average Bonchev–Trinajstić information content (AvgIpc) is 3.47. The number of fused-ring (bicyclic) bond motifs is 1. The van der Waals surface area contributed by atoms with Crippen LogP contribution in [0.5, 0.6) is 0 Å². The Labute approximate surface area is 284 Å². The number of pyridine rings is 1. The van der Waals surface area contributed by atoms with E-state index in [2.05, 4.69) is 97.9 Å². The molecule has 240 valence electrons. The fourth-order valence-corrected chi connectivity index (χ4v) is 6.64. The first-order valence-corrected chi connectivity index (χ1v) is 15.7. The van der Waals surface area contributed by atoms with Gasteiger partial charge in [0.1, 0.15) is 0 Å². The molecule has 1 aliphatic carbocycles. The number of benzene rings is 3. The Kier molecular flexibility index (Phi) is 13.4. The minimum absolute atomic E-state index is 0. The largest absolute Gasteiger partial charge is 3.00 e. The van der Waals surface area contributed by atoms with Gasteiger partial charge in [0.2, 0.25) is 0 Å². The number of anilines is 1. The molecule has 6 heteroatoms. The third-order valence-electron chi connectivity index (χ3n) is 7.90. The van der Waals surface area contributed by atoms with Crippen LogP contribution in [0.3, 0.4) is 0 Å². The molecule has 0 bridgehead atoms. The van der Waals surface area contributed by atoms with Crippen LogP contribution in [0.1, 0.15) is 67.2 Å². The molecule has 0 radical (unpaired) electrons. The number of aliphatic hydroxyl groups is 2. The molecule has 1 aliphatic heterocycles. The zero-order chi connectivity index (χ0) is 31.7. The number of nitrogens with zero attached hydrogens (tertiary/aromatic N) is 3. The number of aliphatic hydroxyl groups excluding tert-OH is 2. The first-order chi connectivity index (χ1) is 20.9. The zero-order valence-corrected chi connectivity index (χ0v) is 29.8. The van der Waals surface area contributed by atoms with Crippen molar-refractivity contribution in [3.05, 3.63) is 116 Å². The van der Waals surface area contributed by atoms with Crippen LogP contribution < -0.4 is 4.90 Å². The van der Waals surface area contributed by atoms with Crippen molar-refractivity contribution < 1.29 is 30.3 Å². The van der Waals surface area contributed by atoms with Crippen LogP contribution in [0.25, 0.3) is 22.0 Å². The molecule has 1 aromatic heterocycles. The minimum atomic E-state index is -0.375. The van der Waals surface area contributed by atoms with E-state index in [1.54, 1.807) is 13.8 Å². The molecule has 2 N–H and O–H groups in total. The van der Waals surface area contributed by atoms with Crippen LogP contribution >= 0.6 is 0 Å². The zero-order valence-electron chi connectivity index (χ0n) is 27.4. The Morgan fingerprint density at radius 2 is 1.47 bits per heavy atom. The monoisotopic (exact) mass is 783 g/mol. The van der Waals surface area contributed by atoms with Gasteiger partial charge in [-0.3, -0.25) is 0 Å². The van der Waals surface area contributed by atoms with Crippen molar-refractivity contribution in [1.29, 1.82) is 0 Å². The molecule has 6 rings (SSSR count). The normalized spacial score (nSPS) is 18.1. The number of aromatic nitrogens is 1. The van der Waals surface area contributed by atoms with Crippen LogP contribution in [-0.2, 0) is 20.1 Å². The molecule has 0 spiro atoms. The summed E-state index contributed by atoms with van der Waals surface area (Å²) in [7, 11) is 0. The third kappa shape index (κ3) is 11.1. The van der Waals surface area contributed by atoms with E-state index in [0.29, 0.717) is 23.3 Å². The summed E-state index contributed by atoms with van der Waals surface area (Å²) in [5, 5.41) is 19.5. The van der Waals surface area contributed by atoms with Gasteiger partial charge in [-0.15, -0.1) is 41.6 Å². The molecule has 4 aromatic rings. The number of hydrogen-bond acceptors (Lipinski definition) is 5. The van der Waals surface area contributed by atoms with Gasteiger partial charge in [0.25, 0.3) is 0 Å². The predicted octanol–water partition coefficient (Wildman–Crippen LogP) is 8.64. The Morgan fingerprint density at radius 1 is 0.844 bits per heavy atom. The van der Waals surface area contributed by atoms with Gasteiger partial charge >= 0.3 is 20.1 Å². The molecule has 1 fully saturated rings. The maximum Gasteiger partial charge on any atom is 3.00 e. The second-order valence-corrected chi connectivity index (χ2v) is 13.7.